The highest BCUT2D eigenvalue weighted by atomic mass is 35.5. The minimum absolute atomic E-state index is 0.0278. The van der Waals surface area contributed by atoms with Crippen LogP contribution in [0.25, 0.3) is 0 Å². The summed E-state index contributed by atoms with van der Waals surface area (Å²) < 4.78 is 22.5. The number of carbonyl (C=O) groups excluding carboxylic acids is 1. The quantitative estimate of drug-likeness (QED) is 0.768. The molecule has 0 saturated carbocycles. The van der Waals surface area contributed by atoms with Crippen molar-refractivity contribution >= 4 is 33.0 Å². The first-order chi connectivity index (χ1) is 8.35. The molecule has 1 amide bonds. The van der Waals surface area contributed by atoms with Gasteiger partial charge in [0.05, 0.1) is 23.2 Å². The van der Waals surface area contributed by atoms with Crippen molar-refractivity contribution in [3.05, 3.63) is 23.0 Å². The molecule has 0 spiro atoms. The largest absolute Gasteiger partial charge is 0.397 e. The summed E-state index contributed by atoms with van der Waals surface area (Å²) in [6.45, 7) is 1.58. The minimum Gasteiger partial charge on any atom is -0.397 e. The maximum atomic E-state index is 11.7. The van der Waals surface area contributed by atoms with E-state index in [1.165, 1.54) is 12.3 Å². The van der Waals surface area contributed by atoms with Crippen LogP contribution in [0, 0.1) is 0 Å². The molecule has 18 heavy (non-hydrogen) atoms. The molecule has 0 aromatic carbocycles. The monoisotopic (exact) mass is 291 g/mol. The fourth-order valence-electron chi connectivity index (χ4n) is 1.18. The van der Waals surface area contributed by atoms with Crippen molar-refractivity contribution in [2.24, 2.45) is 0 Å². The van der Waals surface area contributed by atoms with Crippen LogP contribution in [-0.2, 0) is 9.84 Å². The number of amides is 1. The topological polar surface area (TPSA) is 102 Å². The second-order valence-corrected chi connectivity index (χ2v) is 6.43. The number of nitrogens with zero attached hydrogens (tertiary/aromatic N) is 1. The van der Waals surface area contributed by atoms with Crippen molar-refractivity contribution in [2.45, 2.75) is 6.92 Å². The third-order valence-electron chi connectivity index (χ3n) is 2.24. The molecule has 6 nitrogen and oxygen atoms in total. The van der Waals surface area contributed by atoms with Gasteiger partial charge in [-0.3, -0.25) is 4.79 Å². The lowest BCUT2D eigenvalue weighted by atomic mass is 10.2. The third-order valence-corrected chi connectivity index (χ3v) is 4.25. The number of nitrogen functional groups attached to an aromatic ring is 1. The molecule has 0 saturated heterocycles. The van der Waals surface area contributed by atoms with Crippen LogP contribution in [0.5, 0.6) is 0 Å². The number of nitrogens with one attached hydrogen (secondary N) is 1. The number of nitrogens with two attached hydrogens (primary N) is 1. The second-order valence-electron chi connectivity index (χ2n) is 3.60. The van der Waals surface area contributed by atoms with Crippen LogP contribution in [-0.4, -0.2) is 37.4 Å². The van der Waals surface area contributed by atoms with Crippen LogP contribution in [0.4, 0.5) is 5.69 Å². The van der Waals surface area contributed by atoms with Crippen LogP contribution >= 0.6 is 11.6 Å². The highest BCUT2D eigenvalue weighted by Crippen LogP contribution is 2.15. The number of carbonyl (C=O) groups is 1. The molecule has 1 aromatic rings. The fourth-order valence-corrected chi connectivity index (χ4v) is 2.07. The molecule has 0 fully saturated rings. The zero-order chi connectivity index (χ0) is 13.8. The van der Waals surface area contributed by atoms with Gasteiger partial charge in [0.25, 0.3) is 5.91 Å². The van der Waals surface area contributed by atoms with Gasteiger partial charge in [-0.15, -0.1) is 0 Å². The van der Waals surface area contributed by atoms with Gasteiger partial charge in [-0.1, -0.05) is 18.5 Å². The van der Waals surface area contributed by atoms with E-state index < -0.39 is 15.7 Å². The number of aromatic nitrogens is 1. The molecule has 0 bridgehead atoms. The van der Waals surface area contributed by atoms with Gasteiger partial charge < -0.3 is 11.1 Å². The molecule has 0 aliphatic carbocycles. The van der Waals surface area contributed by atoms with Gasteiger partial charge in [-0.25, -0.2) is 13.4 Å². The Kier molecular flexibility index (Phi) is 4.92. The normalized spacial score (nSPS) is 11.2. The molecular weight excluding hydrogens is 278 g/mol. The van der Waals surface area contributed by atoms with Crippen LogP contribution < -0.4 is 11.1 Å². The Hall–Kier alpha value is -1.34. The lowest BCUT2D eigenvalue weighted by Gasteiger charge is -2.06. The van der Waals surface area contributed by atoms with E-state index >= 15 is 0 Å². The lowest BCUT2D eigenvalue weighted by Crippen LogP contribution is -2.30. The Bertz CT molecular complexity index is 545. The zero-order valence-corrected chi connectivity index (χ0v) is 11.4. The van der Waals surface area contributed by atoms with Gasteiger partial charge in [0.15, 0.2) is 9.84 Å². The van der Waals surface area contributed by atoms with Crippen molar-refractivity contribution in [1.29, 1.82) is 0 Å². The molecule has 0 radical (unpaired) electrons. The van der Waals surface area contributed by atoms with Gasteiger partial charge in [-0.2, -0.15) is 0 Å². The lowest BCUT2D eigenvalue weighted by molar-refractivity contribution is 0.0956. The number of hydrogen-bond acceptors (Lipinski definition) is 5. The van der Waals surface area contributed by atoms with Crippen molar-refractivity contribution < 1.29 is 13.2 Å². The first kappa shape index (κ1) is 14.7. The smallest absolute Gasteiger partial charge is 0.254 e. The summed E-state index contributed by atoms with van der Waals surface area (Å²) in [6, 6.07) is 1.39. The van der Waals surface area contributed by atoms with Crippen LogP contribution in [0.1, 0.15) is 17.3 Å². The maximum absolute atomic E-state index is 11.7. The number of sulfone groups is 1. The molecule has 0 atom stereocenters. The van der Waals surface area contributed by atoms with Gasteiger partial charge in [0.2, 0.25) is 0 Å². The zero-order valence-electron chi connectivity index (χ0n) is 9.81. The van der Waals surface area contributed by atoms with E-state index in [-0.39, 0.29) is 28.8 Å². The average Bonchev–Trinajstić information content (AvgIpc) is 2.32. The van der Waals surface area contributed by atoms with Gasteiger partial charge in [-0.05, 0) is 6.07 Å². The third kappa shape index (κ3) is 4.15. The molecule has 0 unspecified atom stereocenters. The van der Waals surface area contributed by atoms with E-state index in [9.17, 15) is 13.2 Å². The van der Waals surface area contributed by atoms with Crippen LogP contribution in [0.3, 0.4) is 0 Å². The predicted octanol–water partition coefficient (Wildman–Crippen LogP) is 0.482. The molecule has 0 aliphatic rings. The molecule has 1 rings (SSSR count). The minimum atomic E-state index is -3.10. The van der Waals surface area contributed by atoms with Crippen molar-refractivity contribution in [2.75, 3.05) is 23.8 Å². The predicted molar refractivity (Wildman–Crippen MR) is 70.3 cm³/mol. The summed E-state index contributed by atoms with van der Waals surface area (Å²) in [7, 11) is -3.10. The molecule has 1 aromatic heterocycles. The Labute approximate surface area is 110 Å². The van der Waals surface area contributed by atoms with Gasteiger partial charge in [0.1, 0.15) is 5.15 Å². The fraction of sp³-hybridized carbons (Fsp3) is 0.400. The van der Waals surface area contributed by atoms with Gasteiger partial charge in [0, 0.05) is 12.3 Å². The average molecular weight is 292 g/mol. The number of halogens is 1. The van der Waals surface area contributed by atoms with Crippen LogP contribution in [0.2, 0.25) is 5.15 Å². The summed E-state index contributed by atoms with van der Waals surface area (Å²) in [6.07, 6.45) is 1.33. The maximum Gasteiger partial charge on any atom is 0.254 e. The Morgan fingerprint density at radius 1 is 1.56 bits per heavy atom. The summed E-state index contributed by atoms with van der Waals surface area (Å²) in [5.74, 6) is -0.558. The van der Waals surface area contributed by atoms with E-state index in [2.05, 4.69) is 10.3 Å². The SMILES string of the molecule is CCS(=O)(=O)CCNC(=O)c1cc(N)cnc1Cl. The van der Waals surface area contributed by atoms with E-state index in [4.69, 9.17) is 17.3 Å². The summed E-state index contributed by atoms with van der Waals surface area (Å²) in [4.78, 5) is 15.4. The van der Waals surface area contributed by atoms with Crippen molar-refractivity contribution in [3.63, 3.8) is 0 Å². The number of pyridine rings is 1. The summed E-state index contributed by atoms with van der Waals surface area (Å²) in [5.41, 5.74) is 5.93. The van der Waals surface area contributed by atoms with Gasteiger partial charge >= 0.3 is 0 Å². The van der Waals surface area contributed by atoms with E-state index in [0.29, 0.717) is 5.69 Å². The Morgan fingerprint density at radius 3 is 2.83 bits per heavy atom. The second kappa shape index (κ2) is 6.01. The summed E-state index contributed by atoms with van der Waals surface area (Å²) >= 11 is 5.74. The standard InChI is InChI=1S/C10H14ClN3O3S/c1-2-18(16,17)4-3-13-10(15)8-5-7(12)6-14-9(8)11/h5-6H,2-4,12H2,1H3,(H,13,15). The summed E-state index contributed by atoms with van der Waals surface area (Å²) in [5, 5.41) is 2.49. The first-order valence-electron chi connectivity index (χ1n) is 5.25. The highest BCUT2D eigenvalue weighted by Gasteiger charge is 2.13. The van der Waals surface area contributed by atoms with E-state index in [1.54, 1.807) is 6.92 Å². The Balaban J connectivity index is 2.64. The number of hydrogen-bond donors (Lipinski definition) is 2. The number of anilines is 1. The highest BCUT2D eigenvalue weighted by molar-refractivity contribution is 7.91. The molecule has 100 valence electrons. The molecule has 1 heterocycles. The van der Waals surface area contributed by atoms with E-state index in [0.717, 1.165) is 0 Å². The molecular formula is C10H14ClN3O3S. The molecule has 3 N–H and O–H groups in total. The Morgan fingerprint density at radius 2 is 2.22 bits per heavy atom. The van der Waals surface area contributed by atoms with Crippen molar-refractivity contribution in [1.82, 2.24) is 10.3 Å². The molecule has 8 heteroatoms. The van der Waals surface area contributed by atoms with Crippen LogP contribution in [0.15, 0.2) is 12.3 Å². The molecule has 0 aliphatic heterocycles. The van der Waals surface area contributed by atoms with Crippen molar-refractivity contribution in [3.8, 4) is 0 Å². The van der Waals surface area contributed by atoms with E-state index in [1.807, 2.05) is 0 Å². The first-order valence-corrected chi connectivity index (χ1v) is 7.45. The number of rotatable bonds is 5.